The molecule has 5 heteroatoms. The van der Waals surface area contributed by atoms with E-state index in [0.29, 0.717) is 6.04 Å². The lowest BCUT2D eigenvalue weighted by atomic mass is 10.1. The van der Waals surface area contributed by atoms with Crippen LogP contribution in [0.2, 0.25) is 0 Å². The van der Waals surface area contributed by atoms with E-state index in [-0.39, 0.29) is 4.90 Å². The zero-order valence-corrected chi connectivity index (χ0v) is 11.1. The van der Waals surface area contributed by atoms with Crippen LogP contribution in [0.4, 0.5) is 0 Å². The van der Waals surface area contributed by atoms with Crippen molar-refractivity contribution in [1.82, 2.24) is 5.32 Å². The van der Waals surface area contributed by atoms with Gasteiger partial charge < -0.3 is 5.32 Å². The molecule has 0 fully saturated rings. The van der Waals surface area contributed by atoms with E-state index in [1.54, 1.807) is 24.3 Å². The highest BCUT2D eigenvalue weighted by molar-refractivity contribution is 7.89. The van der Waals surface area contributed by atoms with Crippen LogP contribution in [0.15, 0.2) is 29.2 Å². The fraction of sp³-hybridized carbons (Fsp3) is 0.500. The van der Waals surface area contributed by atoms with Crippen molar-refractivity contribution in [2.24, 2.45) is 5.14 Å². The van der Waals surface area contributed by atoms with Crippen LogP contribution in [-0.4, -0.2) is 21.0 Å². The monoisotopic (exact) mass is 256 g/mol. The fourth-order valence-electron chi connectivity index (χ4n) is 1.45. The second kappa shape index (κ2) is 6.14. The lowest BCUT2D eigenvalue weighted by molar-refractivity contribution is 0.537. The second-order valence-corrected chi connectivity index (χ2v) is 5.76. The quantitative estimate of drug-likeness (QED) is 0.805. The summed E-state index contributed by atoms with van der Waals surface area (Å²) in [5.74, 6) is 0. The van der Waals surface area contributed by atoms with Gasteiger partial charge in [0.05, 0.1) is 4.90 Å². The lowest BCUT2D eigenvalue weighted by Gasteiger charge is -2.10. The van der Waals surface area contributed by atoms with E-state index in [1.807, 2.05) is 0 Å². The number of sulfonamides is 1. The Morgan fingerprint density at radius 1 is 1.29 bits per heavy atom. The van der Waals surface area contributed by atoms with E-state index in [1.165, 1.54) is 0 Å². The molecule has 0 amide bonds. The Labute approximate surface area is 103 Å². The molecule has 0 spiro atoms. The Balaban J connectivity index is 2.52. The van der Waals surface area contributed by atoms with Crippen molar-refractivity contribution in [3.8, 4) is 0 Å². The maximum Gasteiger partial charge on any atom is 0.238 e. The Kier molecular flexibility index (Phi) is 5.11. The molecule has 1 rings (SSSR count). The Bertz CT molecular complexity index is 440. The van der Waals surface area contributed by atoms with E-state index in [0.717, 1.165) is 24.9 Å². The summed E-state index contributed by atoms with van der Waals surface area (Å²) in [5.41, 5.74) is 1.10. The van der Waals surface area contributed by atoms with Gasteiger partial charge in [0.1, 0.15) is 0 Å². The third kappa shape index (κ3) is 4.85. The van der Waals surface area contributed by atoms with Gasteiger partial charge in [-0.25, -0.2) is 13.6 Å². The van der Waals surface area contributed by atoms with E-state index in [2.05, 4.69) is 19.2 Å². The molecule has 0 aromatic heterocycles. The predicted octanol–water partition coefficient (Wildman–Crippen LogP) is 1.26. The topological polar surface area (TPSA) is 72.2 Å². The first-order valence-electron chi connectivity index (χ1n) is 5.78. The Morgan fingerprint density at radius 3 is 2.35 bits per heavy atom. The van der Waals surface area contributed by atoms with Gasteiger partial charge in [-0.05, 0) is 44.0 Å². The smallest absolute Gasteiger partial charge is 0.238 e. The minimum absolute atomic E-state index is 0.163. The van der Waals surface area contributed by atoms with E-state index < -0.39 is 10.0 Å². The zero-order valence-electron chi connectivity index (χ0n) is 10.3. The van der Waals surface area contributed by atoms with Gasteiger partial charge in [0.25, 0.3) is 0 Å². The van der Waals surface area contributed by atoms with Gasteiger partial charge in [-0.2, -0.15) is 0 Å². The highest BCUT2D eigenvalue weighted by atomic mass is 32.2. The molecule has 17 heavy (non-hydrogen) atoms. The molecule has 0 saturated heterocycles. The molecule has 0 bridgehead atoms. The van der Waals surface area contributed by atoms with Crippen LogP contribution in [0.5, 0.6) is 0 Å². The van der Waals surface area contributed by atoms with E-state index >= 15 is 0 Å². The lowest BCUT2D eigenvalue weighted by Crippen LogP contribution is -2.27. The summed E-state index contributed by atoms with van der Waals surface area (Å²) < 4.78 is 22.1. The number of primary sulfonamides is 1. The number of benzene rings is 1. The minimum Gasteiger partial charge on any atom is -0.314 e. The number of nitrogens with one attached hydrogen (secondary N) is 1. The largest absolute Gasteiger partial charge is 0.314 e. The molecule has 0 aliphatic carbocycles. The molecule has 96 valence electrons. The highest BCUT2D eigenvalue weighted by Crippen LogP contribution is 2.08. The van der Waals surface area contributed by atoms with Gasteiger partial charge in [-0.1, -0.05) is 19.1 Å². The standard InChI is InChI=1S/C12H20N2O2S/c1-3-10(2)14-9-8-11-4-6-12(7-5-11)17(13,15)16/h4-7,10,14H,3,8-9H2,1-2H3,(H2,13,15,16). The van der Waals surface area contributed by atoms with Crippen LogP contribution in [0.25, 0.3) is 0 Å². The highest BCUT2D eigenvalue weighted by Gasteiger charge is 2.06. The fourth-order valence-corrected chi connectivity index (χ4v) is 1.97. The molecule has 0 aliphatic heterocycles. The molecular weight excluding hydrogens is 236 g/mol. The Hall–Kier alpha value is -0.910. The van der Waals surface area contributed by atoms with Crippen molar-refractivity contribution in [3.05, 3.63) is 29.8 Å². The first-order chi connectivity index (χ1) is 7.93. The molecule has 1 unspecified atom stereocenters. The molecule has 3 N–H and O–H groups in total. The summed E-state index contributed by atoms with van der Waals surface area (Å²) in [4.78, 5) is 0.163. The van der Waals surface area contributed by atoms with Crippen molar-refractivity contribution in [3.63, 3.8) is 0 Å². The molecule has 0 radical (unpaired) electrons. The first kappa shape index (κ1) is 14.2. The summed E-state index contributed by atoms with van der Waals surface area (Å²) in [7, 11) is -3.57. The molecule has 0 saturated carbocycles. The number of rotatable bonds is 6. The van der Waals surface area contributed by atoms with E-state index in [9.17, 15) is 8.42 Å². The van der Waals surface area contributed by atoms with Gasteiger partial charge >= 0.3 is 0 Å². The van der Waals surface area contributed by atoms with Crippen molar-refractivity contribution in [2.75, 3.05) is 6.54 Å². The summed E-state index contributed by atoms with van der Waals surface area (Å²) in [6.07, 6.45) is 1.99. The van der Waals surface area contributed by atoms with Crippen molar-refractivity contribution < 1.29 is 8.42 Å². The van der Waals surface area contributed by atoms with Crippen molar-refractivity contribution in [2.45, 2.75) is 37.6 Å². The molecule has 0 aliphatic rings. The zero-order chi connectivity index (χ0) is 12.9. The van der Waals surface area contributed by atoms with Crippen LogP contribution in [0, 0.1) is 0 Å². The van der Waals surface area contributed by atoms with Gasteiger partial charge in [-0.3, -0.25) is 0 Å². The molecule has 1 atom stereocenters. The van der Waals surface area contributed by atoms with Crippen LogP contribution in [0.3, 0.4) is 0 Å². The SMILES string of the molecule is CCC(C)NCCc1ccc(S(N)(=O)=O)cc1. The van der Waals surface area contributed by atoms with Crippen LogP contribution in [0.1, 0.15) is 25.8 Å². The average Bonchev–Trinajstić information content (AvgIpc) is 2.28. The second-order valence-electron chi connectivity index (χ2n) is 4.20. The van der Waals surface area contributed by atoms with Crippen molar-refractivity contribution >= 4 is 10.0 Å². The minimum atomic E-state index is -3.57. The Morgan fingerprint density at radius 2 is 1.88 bits per heavy atom. The summed E-state index contributed by atoms with van der Waals surface area (Å²) in [6, 6.07) is 7.22. The van der Waals surface area contributed by atoms with E-state index in [4.69, 9.17) is 5.14 Å². The summed E-state index contributed by atoms with van der Waals surface area (Å²) in [6.45, 7) is 5.17. The number of nitrogens with two attached hydrogens (primary N) is 1. The molecule has 1 aromatic carbocycles. The third-order valence-electron chi connectivity index (χ3n) is 2.77. The summed E-state index contributed by atoms with van der Waals surface area (Å²) >= 11 is 0. The average molecular weight is 256 g/mol. The third-order valence-corrected chi connectivity index (χ3v) is 3.70. The normalized spacial score (nSPS) is 13.6. The van der Waals surface area contributed by atoms with Crippen molar-refractivity contribution in [1.29, 1.82) is 0 Å². The van der Waals surface area contributed by atoms with Gasteiger partial charge in [-0.15, -0.1) is 0 Å². The first-order valence-corrected chi connectivity index (χ1v) is 7.33. The van der Waals surface area contributed by atoms with Gasteiger partial charge in [0, 0.05) is 6.04 Å². The summed E-state index contributed by atoms with van der Waals surface area (Å²) in [5, 5.41) is 8.41. The maximum absolute atomic E-state index is 11.1. The van der Waals surface area contributed by atoms with Gasteiger partial charge in [0.15, 0.2) is 0 Å². The van der Waals surface area contributed by atoms with Crippen LogP contribution < -0.4 is 10.5 Å². The molecule has 0 heterocycles. The van der Waals surface area contributed by atoms with Crippen LogP contribution >= 0.6 is 0 Å². The predicted molar refractivity (Wildman–Crippen MR) is 69.3 cm³/mol. The molecule has 4 nitrogen and oxygen atoms in total. The molecular formula is C12H20N2O2S. The van der Waals surface area contributed by atoms with Crippen LogP contribution in [-0.2, 0) is 16.4 Å². The number of hydrogen-bond acceptors (Lipinski definition) is 3. The molecule has 1 aromatic rings. The maximum atomic E-state index is 11.1. The number of hydrogen-bond donors (Lipinski definition) is 2. The van der Waals surface area contributed by atoms with Gasteiger partial charge in [0.2, 0.25) is 10.0 Å².